The number of nitriles is 3. The van der Waals surface area contributed by atoms with E-state index in [4.69, 9.17) is 67.6 Å². The van der Waals surface area contributed by atoms with E-state index in [1.807, 2.05) is 42.5 Å². The molecule has 422 valence electrons. The smallest absolute Gasteiger partial charge is 0.343 e. The Morgan fingerprint density at radius 1 is 0.537 bits per heavy atom. The average Bonchev–Trinajstić information content (AvgIpc) is 3.42. The summed E-state index contributed by atoms with van der Waals surface area (Å²) in [6, 6.07) is 32.1. The molecule has 0 saturated heterocycles. The summed E-state index contributed by atoms with van der Waals surface area (Å²) in [4.78, 5) is 87.3. The monoisotopic (exact) mass is 1140 g/mol. The molecular formula is C56H59N5O17S2. The SMILES string of the molecule is C=C(C)C(=O)Oc1ccc(C(=O)O)cc1.C=C(C)C(=O)Oc1ccc(C(=O)Oc2ccc(C(=O)O)cc2)cc1.CC(C#N)(CCC(=O)O)N=NC(C)(C#N)CCC(=O)O.CC(C#N)(CCC(=O)O)SC(=S)c1ccccc1.CCO. The number of hydrogen-bond acceptors (Lipinski definition) is 19. The van der Waals surface area contributed by atoms with Crippen LogP contribution in [0.4, 0.5) is 0 Å². The van der Waals surface area contributed by atoms with Crippen molar-refractivity contribution in [3.8, 4) is 35.5 Å². The van der Waals surface area contributed by atoms with Crippen LogP contribution in [0.15, 0.2) is 138 Å². The summed E-state index contributed by atoms with van der Waals surface area (Å²) in [6.45, 7) is 16.4. The number of aliphatic carboxylic acids is 3. The number of carboxylic acids is 5. The number of carbonyl (C=O) groups is 8. The molecule has 80 heavy (non-hydrogen) atoms. The third-order valence-corrected chi connectivity index (χ3v) is 11.3. The number of nitrogens with zero attached hydrogens (tertiary/aromatic N) is 5. The van der Waals surface area contributed by atoms with E-state index >= 15 is 0 Å². The first-order chi connectivity index (χ1) is 37.4. The van der Waals surface area contributed by atoms with E-state index in [1.54, 1.807) is 13.8 Å². The molecule has 0 aliphatic heterocycles. The van der Waals surface area contributed by atoms with Gasteiger partial charge in [-0.15, -0.1) is 0 Å². The number of carboxylic acid groups (broad SMARTS) is 5. The summed E-state index contributed by atoms with van der Waals surface area (Å²) in [5.41, 5.74) is -0.759. The van der Waals surface area contributed by atoms with Crippen molar-refractivity contribution in [2.45, 2.75) is 95.9 Å². The average molecular weight is 1140 g/mol. The van der Waals surface area contributed by atoms with Gasteiger partial charge in [0.2, 0.25) is 0 Å². The number of azo groups is 1. The second-order valence-corrected chi connectivity index (χ2v) is 19.2. The topological polar surface area (TPSA) is 382 Å². The minimum absolute atomic E-state index is 0.0333. The predicted octanol–water partition coefficient (Wildman–Crippen LogP) is 9.93. The van der Waals surface area contributed by atoms with E-state index in [2.05, 4.69) is 29.5 Å². The van der Waals surface area contributed by atoms with Crippen LogP contribution in [0.25, 0.3) is 0 Å². The molecule has 0 saturated carbocycles. The van der Waals surface area contributed by atoms with Crippen LogP contribution >= 0.6 is 24.0 Å². The van der Waals surface area contributed by atoms with Gasteiger partial charge in [0.05, 0.1) is 39.1 Å². The number of thiocarbonyl (C=S) groups is 1. The minimum Gasteiger partial charge on any atom is -0.481 e. The van der Waals surface area contributed by atoms with Gasteiger partial charge in [-0.1, -0.05) is 67.5 Å². The van der Waals surface area contributed by atoms with Gasteiger partial charge in [0.15, 0.2) is 11.1 Å². The first-order valence-corrected chi connectivity index (χ1v) is 24.6. The lowest BCUT2D eigenvalue weighted by molar-refractivity contribution is -0.138. The number of ether oxygens (including phenoxy) is 3. The summed E-state index contributed by atoms with van der Waals surface area (Å²) in [7, 11) is 0. The number of benzene rings is 4. The number of hydrogen-bond donors (Lipinski definition) is 6. The van der Waals surface area contributed by atoms with Crippen molar-refractivity contribution in [3.05, 3.63) is 150 Å². The highest BCUT2D eigenvalue weighted by Gasteiger charge is 2.30. The molecule has 3 atom stereocenters. The maximum atomic E-state index is 12.0. The third kappa shape index (κ3) is 29.2. The molecule has 4 aromatic carbocycles. The molecule has 0 radical (unpaired) electrons. The van der Waals surface area contributed by atoms with Gasteiger partial charge in [-0.05, 0) is 139 Å². The van der Waals surface area contributed by atoms with Gasteiger partial charge >= 0.3 is 47.8 Å². The van der Waals surface area contributed by atoms with Crippen LogP contribution < -0.4 is 14.2 Å². The standard InChI is InChI=1S/C18H14O6.C13H13NO2S2.C12H16N4O4.C11H10O4.C2H6O/c1-11(2)17(21)23-14-9-5-13(6-10-14)18(22)24-15-7-3-12(4-8-15)16(19)20;1-13(9-14,8-7-11(15)16)18-12(17)10-5-3-2-4-6-10;1-11(7-13,5-3-9(17)18)15-16-12(2,8-14)6-4-10(19)20;1-7(2)11(14)15-9-5-3-8(4-6-9)10(12)13;1-2-3/h3-10H,1H2,2H3,(H,19,20);2-6H,7-8H2,1H3,(H,15,16);3-6H2,1-2H3,(H,17,18)(H,19,20);3-6H,1H2,2H3,(H,12,13);3H,2H2,1H3. The Labute approximate surface area is 470 Å². The molecule has 24 heteroatoms. The normalized spacial score (nSPS) is 12.1. The molecule has 0 spiro atoms. The fourth-order valence-corrected chi connectivity index (χ4v) is 6.64. The Kier molecular flexibility index (Phi) is 31.6. The summed E-state index contributed by atoms with van der Waals surface area (Å²) in [5, 5.41) is 85.6. The lowest BCUT2D eigenvalue weighted by Gasteiger charge is -2.20. The maximum absolute atomic E-state index is 12.0. The largest absolute Gasteiger partial charge is 0.481 e. The van der Waals surface area contributed by atoms with E-state index in [1.165, 1.54) is 112 Å². The zero-order chi connectivity index (χ0) is 61.2. The van der Waals surface area contributed by atoms with Crippen molar-refractivity contribution >= 4 is 75.9 Å². The molecule has 0 aliphatic carbocycles. The van der Waals surface area contributed by atoms with Crippen molar-refractivity contribution < 1.29 is 83.2 Å². The first kappa shape index (κ1) is 70.6. The zero-order valence-corrected chi connectivity index (χ0v) is 46.0. The fourth-order valence-electron chi connectivity index (χ4n) is 5.04. The summed E-state index contributed by atoms with van der Waals surface area (Å²) >= 11 is 6.53. The Morgan fingerprint density at radius 3 is 1.16 bits per heavy atom. The van der Waals surface area contributed by atoms with Gasteiger partial charge in [-0.3, -0.25) is 14.4 Å². The van der Waals surface area contributed by atoms with E-state index in [0.29, 0.717) is 9.95 Å². The Hall–Kier alpha value is -9.41. The van der Waals surface area contributed by atoms with Gasteiger partial charge in [0.25, 0.3) is 0 Å². The third-order valence-electron chi connectivity index (χ3n) is 9.63. The summed E-state index contributed by atoms with van der Waals surface area (Å²) in [5.74, 6) is -5.99. The molecular weight excluding hydrogens is 1080 g/mol. The van der Waals surface area contributed by atoms with Gasteiger partial charge < -0.3 is 44.8 Å². The van der Waals surface area contributed by atoms with E-state index in [-0.39, 0.29) is 84.5 Å². The summed E-state index contributed by atoms with van der Waals surface area (Å²) < 4.78 is 14.9. The van der Waals surface area contributed by atoms with Crippen LogP contribution in [-0.4, -0.2) is 105 Å². The highest BCUT2D eigenvalue weighted by Crippen LogP contribution is 2.33. The molecule has 4 rings (SSSR count). The van der Waals surface area contributed by atoms with Crippen molar-refractivity contribution in [3.63, 3.8) is 0 Å². The molecule has 22 nitrogen and oxygen atoms in total. The van der Waals surface area contributed by atoms with Crippen LogP contribution in [0.3, 0.4) is 0 Å². The number of rotatable bonds is 21. The lowest BCUT2D eigenvalue weighted by Crippen LogP contribution is -2.25. The van der Waals surface area contributed by atoms with Crippen molar-refractivity contribution in [1.82, 2.24) is 0 Å². The van der Waals surface area contributed by atoms with Crippen LogP contribution in [0.2, 0.25) is 0 Å². The Balaban J connectivity index is 0.00000104. The number of aliphatic hydroxyl groups excluding tert-OH is 1. The molecule has 0 bridgehead atoms. The second-order valence-electron chi connectivity index (χ2n) is 17.0. The zero-order valence-electron chi connectivity index (χ0n) is 44.4. The fraction of sp³-hybridized carbons (Fsp3) is 0.286. The highest BCUT2D eigenvalue weighted by molar-refractivity contribution is 8.24. The van der Waals surface area contributed by atoms with Gasteiger partial charge in [0, 0.05) is 37.0 Å². The molecule has 0 heterocycles. The van der Waals surface area contributed by atoms with E-state index in [0.717, 1.165) is 5.56 Å². The molecule has 0 amide bonds. The lowest BCUT2D eigenvalue weighted by atomic mass is 9.97. The first-order valence-electron chi connectivity index (χ1n) is 23.4. The van der Waals surface area contributed by atoms with Crippen molar-refractivity contribution in [2.24, 2.45) is 10.2 Å². The quantitative estimate of drug-likeness (QED) is 0.0148. The van der Waals surface area contributed by atoms with E-state index < -0.39 is 63.6 Å². The van der Waals surface area contributed by atoms with Crippen molar-refractivity contribution in [1.29, 1.82) is 15.8 Å². The Morgan fingerprint density at radius 2 is 0.863 bits per heavy atom. The maximum Gasteiger partial charge on any atom is 0.343 e. The minimum atomic E-state index is -1.35. The second kappa shape index (κ2) is 35.8. The predicted molar refractivity (Wildman–Crippen MR) is 295 cm³/mol. The molecule has 0 aliphatic rings. The van der Waals surface area contributed by atoms with Crippen LogP contribution in [0, 0.1) is 34.0 Å². The number of carbonyl (C=O) groups excluding carboxylic acids is 3. The van der Waals surface area contributed by atoms with Crippen LogP contribution in [0.1, 0.15) is 117 Å². The number of esters is 3. The van der Waals surface area contributed by atoms with Gasteiger partial charge in [0.1, 0.15) is 22.0 Å². The van der Waals surface area contributed by atoms with Crippen LogP contribution in [0.5, 0.6) is 17.2 Å². The Bertz CT molecular complexity index is 2940. The van der Waals surface area contributed by atoms with Crippen LogP contribution in [-0.2, 0) is 24.0 Å². The number of aromatic carboxylic acids is 2. The molecule has 0 fully saturated rings. The molecule has 6 N–H and O–H groups in total. The molecule has 4 aromatic rings. The van der Waals surface area contributed by atoms with Gasteiger partial charge in [-0.25, -0.2) is 24.0 Å². The van der Waals surface area contributed by atoms with Crippen molar-refractivity contribution in [2.75, 3.05) is 6.61 Å². The summed E-state index contributed by atoms with van der Waals surface area (Å²) in [6.07, 6.45) is -0.334. The van der Waals surface area contributed by atoms with Gasteiger partial charge in [-0.2, -0.15) is 26.0 Å². The molecule has 3 unspecified atom stereocenters. The molecule has 0 aromatic heterocycles. The number of thioether (sulfide) groups is 1. The van der Waals surface area contributed by atoms with E-state index in [9.17, 15) is 43.6 Å². The number of aliphatic hydroxyl groups is 1. The highest BCUT2D eigenvalue weighted by atomic mass is 32.2.